The van der Waals surface area contributed by atoms with Crippen LogP contribution in [0, 0.1) is 0 Å². The fourth-order valence-corrected chi connectivity index (χ4v) is 3.21. The molecule has 0 saturated carbocycles. The van der Waals surface area contributed by atoms with Crippen LogP contribution in [0.2, 0.25) is 0 Å². The molecule has 96 valence electrons. The minimum absolute atomic E-state index is 0.304. The lowest BCUT2D eigenvalue weighted by atomic mass is 9.76. The summed E-state index contributed by atoms with van der Waals surface area (Å²) in [4.78, 5) is 0. The Morgan fingerprint density at radius 3 is 2.41 bits per heavy atom. The Hall–Kier alpha value is -0.470. The number of rotatable bonds is 8. The average molecular weight is 251 g/mol. The summed E-state index contributed by atoms with van der Waals surface area (Å²) in [5.41, 5.74) is 1.78. The normalized spacial score (nSPS) is 14.5. The van der Waals surface area contributed by atoms with Crippen molar-refractivity contribution in [1.82, 2.24) is 5.32 Å². The molecular formula is C15H25NS. The number of benzene rings is 1. The monoisotopic (exact) mass is 251 g/mol. The molecular weight excluding hydrogens is 226 g/mol. The van der Waals surface area contributed by atoms with Gasteiger partial charge in [-0.25, -0.2) is 0 Å². The van der Waals surface area contributed by atoms with E-state index >= 15 is 0 Å². The number of hydrogen-bond acceptors (Lipinski definition) is 2. The fraction of sp³-hybridized carbons (Fsp3) is 0.600. The molecule has 17 heavy (non-hydrogen) atoms. The maximum atomic E-state index is 3.38. The smallest absolute Gasteiger partial charge is 0.00828 e. The van der Waals surface area contributed by atoms with Crippen molar-refractivity contribution in [2.45, 2.75) is 32.1 Å². The second-order valence-corrected chi connectivity index (χ2v) is 5.87. The van der Waals surface area contributed by atoms with Gasteiger partial charge in [0, 0.05) is 12.0 Å². The van der Waals surface area contributed by atoms with Gasteiger partial charge in [-0.3, -0.25) is 0 Å². The van der Waals surface area contributed by atoms with Crippen LogP contribution in [0.15, 0.2) is 30.3 Å². The highest BCUT2D eigenvalue weighted by molar-refractivity contribution is 7.99. The van der Waals surface area contributed by atoms with Crippen molar-refractivity contribution in [2.24, 2.45) is 0 Å². The van der Waals surface area contributed by atoms with Crippen LogP contribution in [0.1, 0.15) is 32.3 Å². The summed E-state index contributed by atoms with van der Waals surface area (Å²) in [7, 11) is 2.06. The Morgan fingerprint density at radius 2 is 1.88 bits per heavy atom. The van der Waals surface area contributed by atoms with Crippen LogP contribution in [-0.2, 0) is 5.41 Å². The first-order valence-corrected chi connectivity index (χ1v) is 7.72. The van der Waals surface area contributed by atoms with Gasteiger partial charge in [0.15, 0.2) is 0 Å². The molecule has 0 bridgehead atoms. The molecule has 0 spiro atoms. The molecule has 1 atom stereocenters. The highest BCUT2D eigenvalue weighted by atomic mass is 32.2. The van der Waals surface area contributed by atoms with Gasteiger partial charge in [-0.2, -0.15) is 11.8 Å². The van der Waals surface area contributed by atoms with Crippen molar-refractivity contribution in [3.05, 3.63) is 35.9 Å². The van der Waals surface area contributed by atoms with Crippen LogP contribution in [0.3, 0.4) is 0 Å². The topological polar surface area (TPSA) is 12.0 Å². The zero-order valence-electron chi connectivity index (χ0n) is 11.3. The second-order valence-electron chi connectivity index (χ2n) is 4.48. The van der Waals surface area contributed by atoms with E-state index in [9.17, 15) is 0 Å². The third kappa shape index (κ3) is 4.04. The first-order chi connectivity index (χ1) is 8.29. The average Bonchev–Trinajstić information content (AvgIpc) is 2.39. The van der Waals surface area contributed by atoms with Crippen molar-refractivity contribution in [3.8, 4) is 0 Å². The molecule has 1 N–H and O–H groups in total. The Kier molecular flexibility index (Phi) is 6.68. The quantitative estimate of drug-likeness (QED) is 0.707. The van der Waals surface area contributed by atoms with E-state index in [1.165, 1.54) is 29.9 Å². The van der Waals surface area contributed by atoms with E-state index in [1.807, 2.05) is 11.8 Å². The standard InChI is InChI=1S/C15H25NS/c1-4-15(13-16-3,11-12-17-5-2)14-9-7-6-8-10-14/h6-10,16H,4-5,11-13H2,1-3H3. The van der Waals surface area contributed by atoms with Gasteiger partial charge >= 0.3 is 0 Å². The predicted molar refractivity (Wildman–Crippen MR) is 80.0 cm³/mol. The van der Waals surface area contributed by atoms with Gasteiger partial charge in [-0.05, 0) is 37.0 Å². The molecule has 0 saturated heterocycles. The number of hydrogen-bond donors (Lipinski definition) is 1. The molecule has 1 nitrogen and oxygen atoms in total. The Labute approximate surface area is 110 Å². The SMILES string of the molecule is CCSCCC(CC)(CNC)c1ccccc1. The lowest BCUT2D eigenvalue weighted by Gasteiger charge is -2.33. The Morgan fingerprint density at radius 1 is 1.18 bits per heavy atom. The van der Waals surface area contributed by atoms with Crippen molar-refractivity contribution < 1.29 is 0 Å². The van der Waals surface area contributed by atoms with Crippen molar-refractivity contribution in [2.75, 3.05) is 25.1 Å². The van der Waals surface area contributed by atoms with E-state index in [0.29, 0.717) is 5.41 Å². The molecule has 0 heterocycles. The van der Waals surface area contributed by atoms with Gasteiger partial charge in [-0.1, -0.05) is 44.2 Å². The molecule has 0 aliphatic rings. The van der Waals surface area contributed by atoms with Crippen molar-refractivity contribution >= 4 is 11.8 Å². The summed E-state index contributed by atoms with van der Waals surface area (Å²) in [5, 5.41) is 3.38. The van der Waals surface area contributed by atoms with Crippen LogP contribution in [-0.4, -0.2) is 25.1 Å². The zero-order valence-corrected chi connectivity index (χ0v) is 12.1. The molecule has 0 aliphatic heterocycles. The molecule has 0 radical (unpaired) electrons. The number of likely N-dealkylation sites (N-methyl/N-ethyl adjacent to an activating group) is 1. The molecule has 0 fully saturated rings. The van der Waals surface area contributed by atoms with Gasteiger partial charge in [0.25, 0.3) is 0 Å². The van der Waals surface area contributed by atoms with E-state index < -0.39 is 0 Å². The van der Waals surface area contributed by atoms with E-state index in [0.717, 1.165) is 6.54 Å². The first kappa shape index (κ1) is 14.6. The lowest BCUT2D eigenvalue weighted by Crippen LogP contribution is -2.37. The van der Waals surface area contributed by atoms with Gasteiger partial charge in [-0.15, -0.1) is 0 Å². The second kappa shape index (κ2) is 7.78. The minimum Gasteiger partial charge on any atom is -0.319 e. The highest BCUT2D eigenvalue weighted by Crippen LogP contribution is 2.32. The molecule has 2 heteroatoms. The Balaban J connectivity index is 2.83. The third-order valence-corrected chi connectivity index (χ3v) is 4.41. The van der Waals surface area contributed by atoms with Crippen LogP contribution in [0.5, 0.6) is 0 Å². The summed E-state index contributed by atoms with van der Waals surface area (Å²) in [6.45, 7) is 5.61. The highest BCUT2D eigenvalue weighted by Gasteiger charge is 2.28. The molecule has 0 amide bonds. The molecule has 0 aromatic heterocycles. The summed E-state index contributed by atoms with van der Waals surface area (Å²) in [5.74, 6) is 2.47. The van der Waals surface area contributed by atoms with E-state index in [-0.39, 0.29) is 0 Å². The third-order valence-electron chi connectivity index (χ3n) is 3.51. The van der Waals surface area contributed by atoms with Crippen LogP contribution in [0.4, 0.5) is 0 Å². The summed E-state index contributed by atoms with van der Waals surface area (Å²) >= 11 is 2.04. The maximum absolute atomic E-state index is 3.38. The first-order valence-electron chi connectivity index (χ1n) is 6.57. The van der Waals surface area contributed by atoms with Crippen molar-refractivity contribution in [1.29, 1.82) is 0 Å². The lowest BCUT2D eigenvalue weighted by molar-refractivity contribution is 0.383. The van der Waals surface area contributed by atoms with E-state index in [1.54, 1.807) is 0 Å². The van der Waals surface area contributed by atoms with Gasteiger partial charge in [0.2, 0.25) is 0 Å². The fourth-order valence-electron chi connectivity index (χ4n) is 2.38. The minimum atomic E-state index is 0.304. The summed E-state index contributed by atoms with van der Waals surface area (Å²) in [6, 6.07) is 11.0. The maximum Gasteiger partial charge on any atom is 0.00828 e. The zero-order chi connectivity index (χ0) is 12.6. The van der Waals surface area contributed by atoms with Crippen LogP contribution < -0.4 is 5.32 Å². The summed E-state index contributed by atoms with van der Waals surface area (Å²) < 4.78 is 0. The largest absolute Gasteiger partial charge is 0.319 e. The number of thioether (sulfide) groups is 1. The van der Waals surface area contributed by atoms with Crippen LogP contribution >= 0.6 is 11.8 Å². The van der Waals surface area contributed by atoms with Gasteiger partial charge in [0.1, 0.15) is 0 Å². The summed E-state index contributed by atoms with van der Waals surface area (Å²) in [6.07, 6.45) is 2.45. The van der Waals surface area contributed by atoms with Gasteiger partial charge in [0.05, 0.1) is 0 Å². The molecule has 1 aromatic rings. The number of nitrogens with one attached hydrogen (secondary N) is 1. The molecule has 1 unspecified atom stereocenters. The molecule has 0 aliphatic carbocycles. The Bertz CT molecular complexity index is 299. The van der Waals surface area contributed by atoms with Crippen LogP contribution in [0.25, 0.3) is 0 Å². The predicted octanol–water partition coefficient (Wildman–Crippen LogP) is 3.70. The van der Waals surface area contributed by atoms with Crippen molar-refractivity contribution in [3.63, 3.8) is 0 Å². The van der Waals surface area contributed by atoms with E-state index in [4.69, 9.17) is 0 Å². The molecule has 1 rings (SSSR count). The van der Waals surface area contributed by atoms with Gasteiger partial charge < -0.3 is 5.32 Å². The molecule has 1 aromatic carbocycles. The van der Waals surface area contributed by atoms with E-state index in [2.05, 4.69) is 56.5 Å².